The normalized spacial score (nSPS) is 12.2. The first-order valence-electron chi connectivity index (χ1n) is 9.89. The Labute approximate surface area is 177 Å². The fourth-order valence-corrected chi connectivity index (χ4v) is 3.36. The molecular formula is C26H25NO3. The van der Waals surface area contributed by atoms with Crippen molar-refractivity contribution in [3.8, 4) is 0 Å². The lowest BCUT2D eigenvalue weighted by molar-refractivity contribution is -0.149. The number of benzene rings is 3. The maximum absolute atomic E-state index is 13.4. The molecule has 0 aliphatic heterocycles. The lowest BCUT2D eigenvalue weighted by Gasteiger charge is -2.30. The molecule has 0 saturated carbocycles. The van der Waals surface area contributed by atoms with Gasteiger partial charge in [-0.1, -0.05) is 91.0 Å². The molecule has 3 rings (SSSR count). The summed E-state index contributed by atoms with van der Waals surface area (Å²) in [5.74, 6) is -1.30. The van der Waals surface area contributed by atoms with Crippen molar-refractivity contribution in [2.75, 3.05) is 0 Å². The third-order valence-electron chi connectivity index (χ3n) is 4.91. The highest BCUT2D eigenvalue weighted by molar-refractivity contribution is 5.99. The number of rotatable bonds is 8. The van der Waals surface area contributed by atoms with Crippen molar-refractivity contribution in [3.05, 3.63) is 113 Å². The maximum Gasteiger partial charge on any atom is 0.326 e. The highest BCUT2D eigenvalue weighted by Crippen LogP contribution is 2.18. The first-order valence-corrected chi connectivity index (χ1v) is 9.89. The molecule has 0 fully saturated rings. The predicted octanol–water partition coefficient (Wildman–Crippen LogP) is 4.81. The molecule has 0 spiro atoms. The van der Waals surface area contributed by atoms with E-state index in [2.05, 4.69) is 0 Å². The van der Waals surface area contributed by atoms with Crippen LogP contribution in [-0.2, 0) is 22.6 Å². The van der Waals surface area contributed by atoms with Crippen LogP contribution in [-0.4, -0.2) is 27.9 Å². The fourth-order valence-electron chi connectivity index (χ4n) is 3.36. The minimum Gasteiger partial charge on any atom is -0.480 e. The topological polar surface area (TPSA) is 57.6 Å². The Bertz CT molecular complexity index is 998. The van der Waals surface area contributed by atoms with E-state index < -0.39 is 12.0 Å². The van der Waals surface area contributed by atoms with E-state index in [4.69, 9.17) is 0 Å². The molecule has 0 saturated heterocycles. The molecule has 0 bridgehead atoms. The van der Waals surface area contributed by atoms with Crippen LogP contribution in [0.15, 0.2) is 96.6 Å². The number of carbonyl (C=O) groups excluding carboxylic acids is 1. The summed E-state index contributed by atoms with van der Waals surface area (Å²) in [5.41, 5.74) is 3.16. The number of hydrogen-bond acceptors (Lipinski definition) is 2. The number of carboxylic acids is 1. The summed E-state index contributed by atoms with van der Waals surface area (Å²) in [6.07, 6.45) is 2.04. The van der Waals surface area contributed by atoms with Crippen LogP contribution in [0.3, 0.4) is 0 Å². The first-order chi connectivity index (χ1) is 14.5. The molecule has 152 valence electrons. The Morgan fingerprint density at radius 1 is 0.833 bits per heavy atom. The second-order valence-electron chi connectivity index (χ2n) is 7.20. The van der Waals surface area contributed by atoms with E-state index in [9.17, 15) is 14.7 Å². The molecule has 0 aliphatic rings. The van der Waals surface area contributed by atoms with Gasteiger partial charge in [0.1, 0.15) is 6.04 Å². The van der Waals surface area contributed by atoms with E-state index >= 15 is 0 Å². The van der Waals surface area contributed by atoms with Gasteiger partial charge in [-0.25, -0.2) is 4.79 Å². The lowest BCUT2D eigenvalue weighted by Crippen LogP contribution is -2.46. The van der Waals surface area contributed by atoms with Crippen molar-refractivity contribution >= 4 is 18.0 Å². The van der Waals surface area contributed by atoms with Crippen LogP contribution in [0.2, 0.25) is 0 Å². The van der Waals surface area contributed by atoms with Crippen molar-refractivity contribution in [1.29, 1.82) is 0 Å². The van der Waals surface area contributed by atoms with E-state index in [1.54, 1.807) is 13.0 Å². The Kier molecular flexibility index (Phi) is 7.17. The van der Waals surface area contributed by atoms with Gasteiger partial charge >= 0.3 is 5.97 Å². The van der Waals surface area contributed by atoms with Crippen molar-refractivity contribution in [1.82, 2.24) is 4.90 Å². The molecule has 1 amide bonds. The predicted molar refractivity (Wildman–Crippen MR) is 119 cm³/mol. The molecule has 0 radical (unpaired) electrons. The minimum absolute atomic E-state index is 0.226. The Morgan fingerprint density at radius 2 is 1.33 bits per heavy atom. The van der Waals surface area contributed by atoms with Crippen molar-refractivity contribution in [3.63, 3.8) is 0 Å². The van der Waals surface area contributed by atoms with Crippen molar-refractivity contribution < 1.29 is 14.7 Å². The average molecular weight is 399 g/mol. The molecular weight excluding hydrogens is 374 g/mol. The zero-order valence-corrected chi connectivity index (χ0v) is 16.9. The molecule has 30 heavy (non-hydrogen) atoms. The number of carboxylic acid groups (broad SMARTS) is 1. The average Bonchev–Trinajstić information content (AvgIpc) is 2.77. The number of nitrogens with zero attached hydrogens (tertiary/aromatic N) is 1. The highest BCUT2D eigenvalue weighted by atomic mass is 16.4. The van der Waals surface area contributed by atoms with Gasteiger partial charge in [0.25, 0.3) is 5.91 Å². The minimum atomic E-state index is -1.02. The number of amides is 1. The molecule has 4 nitrogen and oxygen atoms in total. The van der Waals surface area contributed by atoms with Crippen molar-refractivity contribution in [2.24, 2.45) is 0 Å². The van der Waals surface area contributed by atoms with Gasteiger partial charge < -0.3 is 10.0 Å². The molecule has 3 aromatic carbocycles. The summed E-state index contributed by atoms with van der Waals surface area (Å²) in [6, 6.07) is 27.4. The van der Waals surface area contributed by atoms with E-state index in [-0.39, 0.29) is 18.9 Å². The Morgan fingerprint density at radius 3 is 1.87 bits per heavy atom. The van der Waals surface area contributed by atoms with E-state index in [0.29, 0.717) is 5.57 Å². The van der Waals surface area contributed by atoms with Crippen LogP contribution in [0.4, 0.5) is 0 Å². The van der Waals surface area contributed by atoms with E-state index in [0.717, 1.165) is 16.7 Å². The van der Waals surface area contributed by atoms with Gasteiger partial charge in [0, 0.05) is 18.5 Å². The van der Waals surface area contributed by atoms with E-state index in [1.165, 1.54) is 4.90 Å². The van der Waals surface area contributed by atoms with Gasteiger partial charge in [-0.3, -0.25) is 4.79 Å². The lowest BCUT2D eigenvalue weighted by atomic mass is 10.0. The van der Waals surface area contributed by atoms with Crippen LogP contribution < -0.4 is 0 Å². The molecule has 0 heterocycles. The molecule has 3 aromatic rings. The van der Waals surface area contributed by atoms with Crippen LogP contribution >= 0.6 is 0 Å². The molecule has 0 unspecified atom stereocenters. The van der Waals surface area contributed by atoms with Gasteiger partial charge in [-0.15, -0.1) is 0 Å². The van der Waals surface area contributed by atoms with Crippen LogP contribution in [0.25, 0.3) is 6.08 Å². The zero-order chi connectivity index (χ0) is 21.3. The fraction of sp³-hybridized carbons (Fsp3) is 0.154. The Hall–Kier alpha value is -3.66. The number of carbonyl (C=O) groups is 2. The van der Waals surface area contributed by atoms with Gasteiger partial charge in [0.05, 0.1) is 0 Å². The Balaban J connectivity index is 1.94. The smallest absolute Gasteiger partial charge is 0.326 e. The second-order valence-corrected chi connectivity index (χ2v) is 7.20. The van der Waals surface area contributed by atoms with Crippen LogP contribution in [0, 0.1) is 0 Å². The number of hydrogen-bond donors (Lipinski definition) is 1. The maximum atomic E-state index is 13.4. The van der Waals surface area contributed by atoms with Gasteiger partial charge in [0.2, 0.25) is 0 Å². The van der Waals surface area contributed by atoms with Gasteiger partial charge in [-0.05, 0) is 29.7 Å². The molecule has 0 aromatic heterocycles. The second kappa shape index (κ2) is 10.2. The summed E-state index contributed by atoms with van der Waals surface area (Å²) in [4.78, 5) is 27.0. The summed E-state index contributed by atoms with van der Waals surface area (Å²) in [5, 5.41) is 9.99. The number of aliphatic carboxylic acids is 1. The summed E-state index contributed by atoms with van der Waals surface area (Å²) in [6.45, 7) is 1.96. The highest BCUT2D eigenvalue weighted by Gasteiger charge is 2.30. The molecule has 4 heteroatoms. The molecule has 1 atom stereocenters. The SMILES string of the molecule is C/C(=C\c1ccccc1)C(=O)N(Cc1ccccc1)[C@@H](Cc1ccccc1)C(=O)O. The summed E-state index contributed by atoms with van der Waals surface area (Å²) < 4.78 is 0. The quantitative estimate of drug-likeness (QED) is 0.553. The van der Waals surface area contributed by atoms with Crippen LogP contribution in [0.5, 0.6) is 0 Å². The van der Waals surface area contributed by atoms with Gasteiger partial charge in [-0.2, -0.15) is 0 Å². The third-order valence-corrected chi connectivity index (χ3v) is 4.91. The molecule has 0 aliphatic carbocycles. The van der Waals surface area contributed by atoms with E-state index in [1.807, 2.05) is 91.0 Å². The van der Waals surface area contributed by atoms with Crippen molar-refractivity contribution in [2.45, 2.75) is 25.9 Å². The summed E-state index contributed by atoms with van der Waals surface area (Å²) in [7, 11) is 0. The largest absolute Gasteiger partial charge is 0.480 e. The van der Waals surface area contributed by atoms with Crippen LogP contribution in [0.1, 0.15) is 23.6 Å². The molecule has 1 N–H and O–H groups in total. The standard InChI is InChI=1S/C26H25NO3/c1-20(17-21-11-5-2-6-12-21)25(28)27(19-23-15-9-4-10-16-23)24(26(29)30)18-22-13-7-3-8-14-22/h2-17,24H,18-19H2,1H3,(H,29,30)/b20-17+/t24-/m0/s1. The first kappa shape index (κ1) is 21.1. The monoisotopic (exact) mass is 399 g/mol. The zero-order valence-electron chi connectivity index (χ0n) is 16.9. The van der Waals surface area contributed by atoms with Gasteiger partial charge in [0.15, 0.2) is 0 Å². The summed E-state index contributed by atoms with van der Waals surface area (Å²) >= 11 is 0. The third kappa shape index (κ3) is 5.67.